The molecule has 0 saturated heterocycles. The largest absolute Gasteiger partial charge is 0.507 e. The predicted molar refractivity (Wildman–Crippen MR) is 68.6 cm³/mol. The maximum atomic E-state index is 11.1. The van der Waals surface area contributed by atoms with Gasteiger partial charge in [-0.3, -0.25) is 4.79 Å². The molecule has 4 nitrogen and oxygen atoms in total. The fraction of sp³-hybridized carbons (Fsp3) is 0.286. The minimum absolute atomic E-state index is 0.302. The molecule has 2 N–H and O–H groups in total. The predicted octanol–water partition coefficient (Wildman–Crippen LogP) is 2.47. The van der Waals surface area contributed by atoms with Crippen molar-refractivity contribution in [2.75, 3.05) is 0 Å². The number of aliphatic hydroxyl groups excluding tert-OH is 1. The second kappa shape index (κ2) is 5.04. The lowest BCUT2D eigenvalue weighted by Gasteiger charge is -2.14. The summed E-state index contributed by atoms with van der Waals surface area (Å²) in [4.78, 5) is 21.5. The molecule has 0 aliphatic carbocycles. The SMILES string of the molecule is Cc1cc(C)c(C)c(C(O)=CC(=O)C(=O)O)c1C. The minimum Gasteiger partial charge on any atom is -0.507 e. The first kappa shape index (κ1) is 14.0. The lowest BCUT2D eigenvalue weighted by molar-refractivity contribution is -0.146. The Hall–Kier alpha value is -2.10. The summed E-state index contributed by atoms with van der Waals surface area (Å²) in [6.45, 7) is 7.45. The van der Waals surface area contributed by atoms with E-state index in [0.29, 0.717) is 5.56 Å². The van der Waals surface area contributed by atoms with E-state index >= 15 is 0 Å². The zero-order valence-corrected chi connectivity index (χ0v) is 10.9. The Labute approximate surface area is 106 Å². The van der Waals surface area contributed by atoms with Crippen molar-refractivity contribution in [2.24, 2.45) is 0 Å². The molecule has 0 bridgehead atoms. The van der Waals surface area contributed by atoms with E-state index in [2.05, 4.69) is 0 Å². The highest BCUT2D eigenvalue weighted by Gasteiger charge is 2.15. The molecule has 0 aliphatic rings. The molecule has 1 rings (SSSR count). The van der Waals surface area contributed by atoms with Crippen LogP contribution in [-0.2, 0) is 9.59 Å². The van der Waals surface area contributed by atoms with Gasteiger partial charge in [-0.15, -0.1) is 0 Å². The number of carboxylic acid groups (broad SMARTS) is 1. The molecule has 0 aromatic heterocycles. The Balaban J connectivity index is 3.42. The van der Waals surface area contributed by atoms with E-state index in [0.717, 1.165) is 28.3 Å². The summed E-state index contributed by atoms with van der Waals surface area (Å²) < 4.78 is 0. The Kier molecular flexibility index (Phi) is 3.91. The lowest BCUT2D eigenvalue weighted by Crippen LogP contribution is -2.10. The first-order chi connectivity index (χ1) is 8.25. The highest BCUT2D eigenvalue weighted by Crippen LogP contribution is 2.26. The maximum Gasteiger partial charge on any atom is 0.376 e. The monoisotopic (exact) mass is 248 g/mol. The molecular formula is C14H16O4. The molecule has 0 aliphatic heterocycles. The van der Waals surface area contributed by atoms with Gasteiger partial charge in [0.05, 0.1) is 0 Å². The van der Waals surface area contributed by atoms with Crippen LogP contribution in [0.2, 0.25) is 0 Å². The molecular weight excluding hydrogens is 232 g/mol. The Morgan fingerprint density at radius 1 is 1.00 bits per heavy atom. The molecule has 18 heavy (non-hydrogen) atoms. The van der Waals surface area contributed by atoms with Crippen molar-refractivity contribution in [3.8, 4) is 0 Å². The number of carbonyl (C=O) groups excluding carboxylic acids is 1. The first-order valence-corrected chi connectivity index (χ1v) is 5.51. The van der Waals surface area contributed by atoms with Gasteiger partial charge < -0.3 is 10.2 Å². The minimum atomic E-state index is -1.58. The third-order valence-corrected chi connectivity index (χ3v) is 3.10. The summed E-state index contributed by atoms with van der Waals surface area (Å²) in [5.74, 6) is -3.02. The average molecular weight is 248 g/mol. The van der Waals surface area contributed by atoms with E-state index < -0.39 is 11.8 Å². The van der Waals surface area contributed by atoms with Crippen molar-refractivity contribution >= 4 is 17.5 Å². The van der Waals surface area contributed by atoms with Gasteiger partial charge in [0.2, 0.25) is 0 Å². The highest BCUT2D eigenvalue weighted by atomic mass is 16.4. The van der Waals surface area contributed by atoms with Crippen LogP contribution in [0.15, 0.2) is 12.1 Å². The summed E-state index contributed by atoms with van der Waals surface area (Å²) in [7, 11) is 0. The molecule has 0 atom stereocenters. The van der Waals surface area contributed by atoms with Crippen LogP contribution in [0.25, 0.3) is 5.76 Å². The normalized spacial score (nSPS) is 11.4. The third kappa shape index (κ3) is 2.59. The molecule has 1 aromatic rings. The van der Waals surface area contributed by atoms with Crippen molar-refractivity contribution in [1.82, 2.24) is 0 Å². The van der Waals surface area contributed by atoms with Crippen LogP contribution in [-0.4, -0.2) is 22.0 Å². The van der Waals surface area contributed by atoms with Gasteiger partial charge in [0, 0.05) is 11.6 Å². The van der Waals surface area contributed by atoms with E-state index in [1.165, 1.54) is 0 Å². The van der Waals surface area contributed by atoms with Crippen LogP contribution in [0.5, 0.6) is 0 Å². The second-order valence-corrected chi connectivity index (χ2v) is 4.33. The van der Waals surface area contributed by atoms with Gasteiger partial charge in [-0.05, 0) is 49.9 Å². The Bertz CT molecular complexity index is 527. The maximum absolute atomic E-state index is 11.1. The van der Waals surface area contributed by atoms with Crippen LogP contribution >= 0.6 is 0 Å². The molecule has 0 radical (unpaired) electrons. The molecule has 0 amide bonds. The number of hydrogen-bond acceptors (Lipinski definition) is 3. The topological polar surface area (TPSA) is 74.6 Å². The van der Waals surface area contributed by atoms with Gasteiger partial charge in [-0.25, -0.2) is 4.79 Å². The number of carboxylic acids is 1. The summed E-state index contributed by atoms with van der Waals surface area (Å²) >= 11 is 0. The Morgan fingerprint density at radius 2 is 1.44 bits per heavy atom. The molecule has 1 aromatic carbocycles. The fourth-order valence-corrected chi connectivity index (χ4v) is 1.86. The molecule has 96 valence electrons. The van der Waals surface area contributed by atoms with E-state index in [1.807, 2.05) is 33.8 Å². The summed E-state index contributed by atoms with van der Waals surface area (Å²) in [5.41, 5.74) is 4.17. The number of ketones is 1. The van der Waals surface area contributed by atoms with Crippen molar-refractivity contribution in [3.05, 3.63) is 40.0 Å². The standard InChI is InChI=1S/C14H16O4/c1-7-5-8(2)10(4)13(9(7)3)11(15)6-12(16)14(17)18/h5-6,15H,1-4H3,(H,17,18). The van der Waals surface area contributed by atoms with Gasteiger partial charge in [-0.2, -0.15) is 0 Å². The highest BCUT2D eigenvalue weighted by molar-refractivity contribution is 6.38. The molecule has 0 saturated carbocycles. The number of carbonyl (C=O) groups is 2. The smallest absolute Gasteiger partial charge is 0.376 e. The first-order valence-electron chi connectivity index (χ1n) is 5.51. The fourth-order valence-electron chi connectivity index (χ4n) is 1.86. The molecule has 0 unspecified atom stereocenters. The molecule has 0 fully saturated rings. The van der Waals surface area contributed by atoms with Gasteiger partial charge in [0.25, 0.3) is 5.78 Å². The van der Waals surface area contributed by atoms with Crippen LogP contribution < -0.4 is 0 Å². The van der Waals surface area contributed by atoms with E-state index in [-0.39, 0.29) is 5.76 Å². The van der Waals surface area contributed by atoms with E-state index in [1.54, 1.807) is 0 Å². The summed E-state index contributed by atoms with van der Waals surface area (Å²) in [5, 5.41) is 18.4. The lowest BCUT2D eigenvalue weighted by atomic mass is 9.93. The van der Waals surface area contributed by atoms with Crippen molar-refractivity contribution in [2.45, 2.75) is 27.7 Å². The van der Waals surface area contributed by atoms with Crippen LogP contribution in [0.3, 0.4) is 0 Å². The van der Waals surface area contributed by atoms with E-state index in [9.17, 15) is 14.7 Å². The molecule has 0 spiro atoms. The third-order valence-electron chi connectivity index (χ3n) is 3.10. The zero-order valence-electron chi connectivity index (χ0n) is 10.9. The van der Waals surface area contributed by atoms with Crippen molar-refractivity contribution in [3.63, 3.8) is 0 Å². The number of aryl methyl sites for hydroxylation is 2. The van der Waals surface area contributed by atoms with Gasteiger partial charge in [0.15, 0.2) is 0 Å². The number of hydrogen-bond donors (Lipinski definition) is 2. The van der Waals surface area contributed by atoms with Crippen molar-refractivity contribution < 1.29 is 19.8 Å². The zero-order chi connectivity index (χ0) is 14.0. The molecule has 0 heterocycles. The van der Waals surface area contributed by atoms with Gasteiger partial charge in [-0.1, -0.05) is 6.07 Å². The van der Waals surface area contributed by atoms with Crippen molar-refractivity contribution in [1.29, 1.82) is 0 Å². The second-order valence-electron chi connectivity index (χ2n) is 4.33. The number of aliphatic carboxylic acids is 1. The number of aliphatic hydroxyl groups is 1. The Morgan fingerprint density at radius 3 is 1.83 bits per heavy atom. The quantitative estimate of drug-likeness (QED) is 0.489. The van der Waals surface area contributed by atoms with Crippen LogP contribution in [0, 0.1) is 27.7 Å². The average Bonchev–Trinajstić information content (AvgIpc) is 2.26. The van der Waals surface area contributed by atoms with Crippen LogP contribution in [0.1, 0.15) is 27.8 Å². The summed E-state index contributed by atoms with van der Waals surface area (Å²) in [6, 6.07) is 1.99. The molecule has 4 heteroatoms. The van der Waals surface area contributed by atoms with Gasteiger partial charge in [0.1, 0.15) is 5.76 Å². The van der Waals surface area contributed by atoms with E-state index in [4.69, 9.17) is 5.11 Å². The van der Waals surface area contributed by atoms with Gasteiger partial charge >= 0.3 is 5.97 Å². The van der Waals surface area contributed by atoms with Crippen LogP contribution in [0.4, 0.5) is 0 Å². The number of benzene rings is 1. The number of rotatable bonds is 3. The summed E-state index contributed by atoms with van der Waals surface area (Å²) in [6.07, 6.45) is 0.747.